The summed E-state index contributed by atoms with van der Waals surface area (Å²) in [6.45, 7) is 4.64. The Kier molecular flexibility index (Phi) is 2.77. The molecule has 3 heteroatoms. The van der Waals surface area contributed by atoms with E-state index in [-0.39, 0.29) is 5.92 Å². The highest BCUT2D eigenvalue weighted by Gasteiger charge is 2.35. The summed E-state index contributed by atoms with van der Waals surface area (Å²) in [4.78, 5) is 13.3. The van der Waals surface area contributed by atoms with Crippen LogP contribution < -0.4 is 0 Å². The molecule has 0 amide bonds. The van der Waals surface area contributed by atoms with Crippen molar-refractivity contribution in [3.05, 3.63) is 0 Å². The summed E-state index contributed by atoms with van der Waals surface area (Å²) >= 11 is 0. The Bertz CT molecular complexity index is 229. The molecule has 2 rings (SSSR count). The molecule has 0 aromatic carbocycles. The van der Waals surface area contributed by atoms with E-state index in [9.17, 15) is 4.79 Å². The number of aliphatic carboxylic acids is 1. The number of hydrogen-bond acceptors (Lipinski definition) is 2. The molecule has 1 heterocycles. The van der Waals surface area contributed by atoms with Crippen LogP contribution in [0.3, 0.4) is 0 Å². The smallest absolute Gasteiger partial charge is 0.306 e. The Morgan fingerprint density at radius 1 is 1.36 bits per heavy atom. The van der Waals surface area contributed by atoms with Crippen molar-refractivity contribution in [2.24, 2.45) is 11.8 Å². The van der Waals surface area contributed by atoms with Gasteiger partial charge in [-0.15, -0.1) is 0 Å². The predicted molar refractivity (Wildman–Crippen MR) is 54.1 cm³/mol. The van der Waals surface area contributed by atoms with Gasteiger partial charge in [-0.3, -0.25) is 4.79 Å². The fourth-order valence-electron chi connectivity index (χ4n) is 2.81. The Balaban J connectivity index is 1.86. The van der Waals surface area contributed by atoms with E-state index in [0.717, 1.165) is 25.2 Å². The quantitative estimate of drug-likeness (QED) is 0.730. The van der Waals surface area contributed by atoms with Crippen molar-refractivity contribution in [1.82, 2.24) is 4.90 Å². The zero-order chi connectivity index (χ0) is 10.1. The van der Waals surface area contributed by atoms with Crippen LogP contribution in [-0.4, -0.2) is 35.1 Å². The van der Waals surface area contributed by atoms with Gasteiger partial charge >= 0.3 is 5.97 Å². The molecule has 2 aliphatic rings. The second-order valence-electron chi connectivity index (χ2n) is 4.89. The van der Waals surface area contributed by atoms with Gasteiger partial charge in [-0.05, 0) is 38.1 Å². The van der Waals surface area contributed by atoms with Crippen molar-refractivity contribution in [1.29, 1.82) is 0 Å². The van der Waals surface area contributed by atoms with E-state index in [4.69, 9.17) is 5.11 Å². The zero-order valence-electron chi connectivity index (χ0n) is 8.78. The number of carboxylic acids is 1. The molecule has 3 nitrogen and oxygen atoms in total. The fraction of sp³-hybridized carbons (Fsp3) is 0.909. The van der Waals surface area contributed by atoms with Crippen molar-refractivity contribution in [3.8, 4) is 0 Å². The maximum Gasteiger partial charge on any atom is 0.306 e. The maximum absolute atomic E-state index is 10.8. The Hall–Kier alpha value is -0.570. The van der Waals surface area contributed by atoms with E-state index in [1.807, 2.05) is 0 Å². The molecule has 0 radical (unpaired) electrons. The largest absolute Gasteiger partial charge is 0.481 e. The summed E-state index contributed by atoms with van der Waals surface area (Å²) in [5.74, 6) is 0.134. The molecule has 0 bridgehead atoms. The third-order valence-corrected chi connectivity index (χ3v) is 3.73. The van der Waals surface area contributed by atoms with E-state index in [1.54, 1.807) is 0 Å². The highest BCUT2D eigenvalue weighted by molar-refractivity contribution is 5.70. The first kappa shape index (κ1) is 9.97. The minimum absolute atomic E-state index is 0.0732. The van der Waals surface area contributed by atoms with Gasteiger partial charge in [-0.2, -0.15) is 0 Å². The topological polar surface area (TPSA) is 40.5 Å². The van der Waals surface area contributed by atoms with Crippen LogP contribution in [0.1, 0.15) is 32.6 Å². The summed E-state index contributed by atoms with van der Waals surface area (Å²) in [6, 6.07) is 0.557. The van der Waals surface area contributed by atoms with Crippen LogP contribution in [-0.2, 0) is 4.79 Å². The monoisotopic (exact) mass is 197 g/mol. The average Bonchev–Trinajstić information content (AvgIpc) is 2.70. The highest BCUT2D eigenvalue weighted by Crippen LogP contribution is 2.32. The Morgan fingerprint density at radius 2 is 2.14 bits per heavy atom. The van der Waals surface area contributed by atoms with E-state index in [1.165, 1.54) is 19.5 Å². The standard InChI is InChI=1S/C11H19NO2/c1-8-4-5-12(7-8)10-3-2-9(6-10)11(13)14/h8-10H,2-7H2,1H3,(H,13,14). The van der Waals surface area contributed by atoms with Gasteiger partial charge in [-0.25, -0.2) is 0 Å². The minimum atomic E-state index is -0.597. The number of carboxylic acid groups (broad SMARTS) is 1. The lowest BCUT2D eigenvalue weighted by atomic mass is 10.1. The van der Waals surface area contributed by atoms with E-state index < -0.39 is 5.97 Å². The first-order valence-electron chi connectivity index (χ1n) is 5.63. The number of likely N-dealkylation sites (tertiary alicyclic amines) is 1. The Labute approximate surface area is 85.1 Å². The van der Waals surface area contributed by atoms with Gasteiger partial charge in [0.1, 0.15) is 0 Å². The van der Waals surface area contributed by atoms with Crippen LogP contribution in [0.2, 0.25) is 0 Å². The molecule has 0 spiro atoms. The first-order valence-corrected chi connectivity index (χ1v) is 5.63. The van der Waals surface area contributed by atoms with Gasteiger partial charge < -0.3 is 10.0 Å². The molecule has 1 aliphatic heterocycles. The molecular weight excluding hydrogens is 178 g/mol. The number of nitrogens with zero attached hydrogens (tertiary/aromatic N) is 1. The summed E-state index contributed by atoms with van der Waals surface area (Å²) in [7, 11) is 0. The molecule has 14 heavy (non-hydrogen) atoms. The molecule has 0 aromatic rings. The summed E-state index contributed by atoms with van der Waals surface area (Å²) < 4.78 is 0. The summed E-state index contributed by atoms with van der Waals surface area (Å²) in [5.41, 5.74) is 0. The lowest BCUT2D eigenvalue weighted by molar-refractivity contribution is -0.141. The van der Waals surface area contributed by atoms with Gasteiger partial charge in [0.25, 0.3) is 0 Å². The second-order valence-corrected chi connectivity index (χ2v) is 4.89. The van der Waals surface area contributed by atoms with Gasteiger partial charge in [0.15, 0.2) is 0 Å². The normalized spacial score (nSPS) is 39.1. The van der Waals surface area contributed by atoms with Crippen molar-refractivity contribution >= 4 is 5.97 Å². The van der Waals surface area contributed by atoms with Crippen molar-refractivity contribution < 1.29 is 9.90 Å². The van der Waals surface area contributed by atoms with Gasteiger partial charge in [-0.1, -0.05) is 6.92 Å². The first-order chi connectivity index (χ1) is 6.66. The molecule has 1 aliphatic carbocycles. The SMILES string of the molecule is CC1CCN(C2CCC(C(=O)O)C2)C1. The zero-order valence-corrected chi connectivity index (χ0v) is 8.78. The van der Waals surface area contributed by atoms with E-state index >= 15 is 0 Å². The number of carbonyl (C=O) groups is 1. The third-order valence-electron chi connectivity index (χ3n) is 3.73. The van der Waals surface area contributed by atoms with Gasteiger partial charge in [0, 0.05) is 12.6 Å². The molecule has 3 atom stereocenters. The second kappa shape index (κ2) is 3.89. The molecule has 1 saturated carbocycles. The molecule has 1 N–H and O–H groups in total. The minimum Gasteiger partial charge on any atom is -0.481 e. The predicted octanol–water partition coefficient (Wildman–Crippen LogP) is 1.58. The number of hydrogen-bond donors (Lipinski definition) is 1. The van der Waals surface area contributed by atoms with Crippen molar-refractivity contribution in [2.45, 2.75) is 38.6 Å². The molecule has 3 unspecified atom stereocenters. The van der Waals surface area contributed by atoms with Crippen LogP contribution in [0.4, 0.5) is 0 Å². The molecule has 2 fully saturated rings. The Morgan fingerprint density at radius 3 is 2.64 bits per heavy atom. The van der Waals surface area contributed by atoms with Crippen LogP contribution in [0.25, 0.3) is 0 Å². The molecule has 0 aromatic heterocycles. The average molecular weight is 197 g/mol. The van der Waals surface area contributed by atoms with Gasteiger partial charge in [0.2, 0.25) is 0 Å². The van der Waals surface area contributed by atoms with E-state index in [2.05, 4.69) is 11.8 Å². The summed E-state index contributed by atoms with van der Waals surface area (Å²) in [5, 5.41) is 8.91. The molecule has 80 valence electrons. The third kappa shape index (κ3) is 1.92. The van der Waals surface area contributed by atoms with Gasteiger partial charge in [0.05, 0.1) is 5.92 Å². The van der Waals surface area contributed by atoms with Crippen LogP contribution >= 0.6 is 0 Å². The van der Waals surface area contributed by atoms with Crippen LogP contribution in [0, 0.1) is 11.8 Å². The summed E-state index contributed by atoms with van der Waals surface area (Å²) in [6.07, 6.45) is 4.13. The lowest BCUT2D eigenvalue weighted by Gasteiger charge is -2.23. The molecule has 1 saturated heterocycles. The fourth-order valence-corrected chi connectivity index (χ4v) is 2.81. The van der Waals surface area contributed by atoms with Crippen LogP contribution in [0.5, 0.6) is 0 Å². The van der Waals surface area contributed by atoms with Crippen LogP contribution in [0.15, 0.2) is 0 Å². The highest BCUT2D eigenvalue weighted by atomic mass is 16.4. The van der Waals surface area contributed by atoms with Crippen molar-refractivity contribution in [3.63, 3.8) is 0 Å². The lowest BCUT2D eigenvalue weighted by Crippen LogP contribution is -2.31. The number of rotatable bonds is 2. The van der Waals surface area contributed by atoms with E-state index in [0.29, 0.717) is 6.04 Å². The molecular formula is C11H19NO2. The maximum atomic E-state index is 10.8. The van der Waals surface area contributed by atoms with Crippen molar-refractivity contribution in [2.75, 3.05) is 13.1 Å².